The standard InChI is InChI=1S/C21H22N4.C19H18BrN3.C18H23N5/c1-24-13-15-25(16-14-24)21-18-9-5-6-10-19(18)22-20(23-21)12-11-17-7-3-2-4-8-17;20-15-10-8-14(9-11-15)18-21-17-7-3-2-6-16(17)19(22-18)23-12-4-1-5-13-23;1-10-7-14-13(4)20-16(21-15(14)8-11(10)2)22-17-19-12(3)9-18(5,6)23-17/h2-12H,13-16H2,1H3;2-3,6-11H,1,4-5,12-13H2;7-8H,9H2,1-6H3,(H,20,21,22,23)/b12-11+;;. The number of hydrogen-bond donors (Lipinski definition) is 1. The van der Waals surface area contributed by atoms with Gasteiger partial charge in [0.1, 0.15) is 11.6 Å². The van der Waals surface area contributed by atoms with Gasteiger partial charge in [0.2, 0.25) is 11.9 Å². The molecule has 5 aromatic carbocycles. The number of piperidine rings is 1. The van der Waals surface area contributed by atoms with E-state index in [4.69, 9.17) is 19.9 Å². The number of guanidine groups is 1. The number of rotatable bonds is 6. The Labute approximate surface area is 426 Å². The van der Waals surface area contributed by atoms with Crippen LogP contribution in [0.5, 0.6) is 0 Å². The van der Waals surface area contributed by atoms with Gasteiger partial charge in [-0.25, -0.2) is 39.9 Å². The number of fused-ring (bicyclic) bond motifs is 3. The van der Waals surface area contributed by atoms with Crippen LogP contribution in [-0.2, 0) is 0 Å². The Morgan fingerprint density at radius 2 is 1.20 bits per heavy atom. The zero-order chi connectivity index (χ0) is 49.5. The topological polar surface area (TPSA) is 124 Å². The molecule has 0 unspecified atom stereocenters. The zero-order valence-corrected chi connectivity index (χ0v) is 43.6. The molecule has 71 heavy (non-hydrogen) atoms. The van der Waals surface area contributed by atoms with Crippen LogP contribution >= 0.6 is 15.9 Å². The maximum absolute atomic E-state index is 4.92. The SMILES string of the molecule is Brc1ccc(-c2nc(N3CCCCC3)c3ccccc3n2)cc1.CC1=NC(Nc2nc(C)c3cc(C)c(C)cc3n2)=NC(C)(C)C1.CN1CCN(c2nc(/C=C/c3ccccc3)nc3ccccc23)CC1. The van der Waals surface area contributed by atoms with E-state index in [0.29, 0.717) is 11.9 Å². The van der Waals surface area contributed by atoms with Gasteiger partial charge in [0.15, 0.2) is 11.6 Å². The number of aromatic nitrogens is 6. The fourth-order valence-electron chi connectivity index (χ4n) is 9.23. The molecule has 12 nitrogen and oxygen atoms in total. The number of benzene rings is 5. The first-order valence-corrected chi connectivity index (χ1v) is 25.5. The first kappa shape index (κ1) is 49.0. The second kappa shape index (κ2) is 22.0. The van der Waals surface area contributed by atoms with E-state index in [1.807, 2.05) is 62.4 Å². The van der Waals surface area contributed by atoms with Crippen LogP contribution in [0.3, 0.4) is 0 Å². The third kappa shape index (κ3) is 12.3. The van der Waals surface area contributed by atoms with Crippen LogP contribution in [0.15, 0.2) is 130 Å². The van der Waals surface area contributed by atoms with Crippen molar-refractivity contribution in [2.75, 3.05) is 61.4 Å². The summed E-state index contributed by atoms with van der Waals surface area (Å²) in [6.45, 7) is 18.7. The van der Waals surface area contributed by atoms with Gasteiger partial charge in [-0.1, -0.05) is 88.7 Å². The van der Waals surface area contributed by atoms with Gasteiger partial charge in [0.05, 0.1) is 27.8 Å². The van der Waals surface area contributed by atoms with E-state index in [-0.39, 0.29) is 5.54 Å². The molecule has 2 saturated heterocycles. The summed E-state index contributed by atoms with van der Waals surface area (Å²) < 4.78 is 1.07. The van der Waals surface area contributed by atoms with Gasteiger partial charge >= 0.3 is 0 Å². The molecule has 0 radical (unpaired) electrons. The Hall–Kier alpha value is -6.96. The lowest BCUT2D eigenvalue weighted by molar-refractivity contribution is 0.312. The number of aryl methyl sites for hydroxylation is 3. The molecule has 11 rings (SSSR count). The van der Waals surface area contributed by atoms with Crippen molar-refractivity contribution in [2.45, 2.75) is 72.8 Å². The summed E-state index contributed by atoms with van der Waals surface area (Å²) in [6.07, 6.45) is 8.74. The number of anilines is 3. The number of likely N-dealkylation sites (N-methyl/N-ethyl adjacent to an activating group) is 1. The van der Waals surface area contributed by atoms with Crippen molar-refractivity contribution in [1.29, 1.82) is 0 Å². The smallest absolute Gasteiger partial charge is 0.230 e. The Balaban J connectivity index is 0.000000132. The quantitative estimate of drug-likeness (QED) is 0.172. The molecule has 6 heterocycles. The fraction of sp³-hybridized carbons (Fsp3) is 0.310. The summed E-state index contributed by atoms with van der Waals surface area (Å²) in [6, 6.07) is 39.3. The Morgan fingerprint density at radius 3 is 1.89 bits per heavy atom. The predicted molar refractivity (Wildman–Crippen MR) is 300 cm³/mol. The highest BCUT2D eigenvalue weighted by molar-refractivity contribution is 9.10. The van der Waals surface area contributed by atoms with E-state index in [2.05, 4.69) is 170 Å². The summed E-state index contributed by atoms with van der Waals surface area (Å²) in [5.41, 5.74) is 9.52. The van der Waals surface area contributed by atoms with E-state index >= 15 is 0 Å². The molecular weight excluding hydrogens is 945 g/mol. The van der Waals surface area contributed by atoms with Crippen LogP contribution in [0, 0.1) is 20.8 Å². The van der Waals surface area contributed by atoms with E-state index < -0.39 is 0 Å². The first-order chi connectivity index (χ1) is 34.3. The third-order valence-electron chi connectivity index (χ3n) is 13.1. The number of halogens is 1. The largest absolute Gasteiger partial charge is 0.356 e. The summed E-state index contributed by atoms with van der Waals surface area (Å²) in [5, 5.41) is 6.54. The number of para-hydroxylation sites is 2. The van der Waals surface area contributed by atoms with Crippen LogP contribution in [0.4, 0.5) is 17.6 Å². The Morgan fingerprint density at radius 1 is 0.577 bits per heavy atom. The van der Waals surface area contributed by atoms with Gasteiger partial charge in [0, 0.05) is 77.6 Å². The number of piperazine rings is 1. The molecule has 8 aromatic rings. The third-order valence-corrected chi connectivity index (χ3v) is 13.6. The fourth-order valence-corrected chi connectivity index (χ4v) is 9.50. The number of aliphatic imine (C=N–C) groups is 2. The van der Waals surface area contributed by atoms with Crippen molar-refractivity contribution in [3.05, 3.63) is 148 Å². The molecule has 362 valence electrons. The van der Waals surface area contributed by atoms with Crippen molar-refractivity contribution >= 4 is 90.0 Å². The highest BCUT2D eigenvalue weighted by atomic mass is 79.9. The van der Waals surface area contributed by atoms with Crippen LogP contribution in [-0.4, -0.2) is 98.3 Å². The predicted octanol–water partition coefficient (Wildman–Crippen LogP) is 12.6. The molecule has 0 spiro atoms. The molecule has 3 aliphatic heterocycles. The molecule has 0 saturated carbocycles. The number of hydrogen-bond acceptors (Lipinski definition) is 12. The monoisotopic (exact) mass is 1010 g/mol. The van der Waals surface area contributed by atoms with Gasteiger partial charge in [-0.15, -0.1) is 0 Å². The van der Waals surface area contributed by atoms with Crippen LogP contribution in [0.2, 0.25) is 0 Å². The second-order valence-electron chi connectivity index (χ2n) is 19.4. The van der Waals surface area contributed by atoms with Crippen molar-refractivity contribution in [3.63, 3.8) is 0 Å². The van der Waals surface area contributed by atoms with E-state index in [1.54, 1.807) is 0 Å². The lowest BCUT2D eigenvalue weighted by Crippen LogP contribution is -2.45. The highest BCUT2D eigenvalue weighted by Gasteiger charge is 2.24. The minimum atomic E-state index is -0.145. The summed E-state index contributed by atoms with van der Waals surface area (Å²) >= 11 is 3.49. The van der Waals surface area contributed by atoms with Crippen molar-refractivity contribution in [1.82, 2.24) is 34.8 Å². The summed E-state index contributed by atoms with van der Waals surface area (Å²) in [5.74, 6) is 4.82. The maximum atomic E-state index is 4.92. The summed E-state index contributed by atoms with van der Waals surface area (Å²) in [7, 11) is 2.17. The first-order valence-electron chi connectivity index (χ1n) is 24.7. The molecule has 0 amide bonds. The Bertz CT molecular complexity index is 3240. The van der Waals surface area contributed by atoms with Crippen molar-refractivity contribution < 1.29 is 0 Å². The number of nitrogens with zero attached hydrogens (tertiary/aromatic N) is 11. The van der Waals surface area contributed by atoms with Crippen LogP contribution < -0.4 is 15.1 Å². The molecule has 0 atom stereocenters. The van der Waals surface area contributed by atoms with Crippen LogP contribution in [0.1, 0.15) is 74.7 Å². The zero-order valence-electron chi connectivity index (χ0n) is 42.0. The molecule has 2 fully saturated rings. The minimum absolute atomic E-state index is 0.145. The molecule has 13 heteroatoms. The van der Waals surface area contributed by atoms with Gasteiger partial charge < -0.3 is 14.7 Å². The van der Waals surface area contributed by atoms with Gasteiger partial charge in [0.25, 0.3) is 0 Å². The normalized spacial score (nSPS) is 16.0. The van der Waals surface area contributed by atoms with Gasteiger partial charge in [-0.3, -0.25) is 5.32 Å². The van der Waals surface area contributed by atoms with E-state index in [9.17, 15) is 0 Å². The van der Waals surface area contributed by atoms with Gasteiger partial charge in [-0.05, 0) is 139 Å². The number of nitrogens with one attached hydrogen (secondary N) is 1. The van der Waals surface area contributed by atoms with Gasteiger partial charge in [-0.2, -0.15) is 0 Å². The molecule has 0 bridgehead atoms. The molecule has 0 aliphatic carbocycles. The average molecular weight is 1010 g/mol. The lowest BCUT2D eigenvalue weighted by Gasteiger charge is -2.33. The van der Waals surface area contributed by atoms with Crippen molar-refractivity contribution in [3.8, 4) is 11.4 Å². The molecule has 1 N–H and O–H groups in total. The Kier molecular flexibility index (Phi) is 15.2. The maximum Gasteiger partial charge on any atom is 0.230 e. The van der Waals surface area contributed by atoms with Crippen molar-refractivity contribution in [2.24, 2.45) is 9.98 Å². The summed E-state index contributed by atoms with van der Waals surface area (Å²) in [4.78, 5) is 44.8. The van der Waals surface area contributed by atoms with Crippen LogP contribution in [0.25, 0.3) is 56.2 Å². The average Bonchev–Trinajstić information content (AvgIpc) is 3.36. The van der Waals surface area contributed by atoms with E-state index in [1.165, 1.54) is 30.4 Å². The second-order valence-corrected chi connectivity index (χ2v) is 20.3. The molecule has 3 aromatic heterocycles. The highest BCUT2D eigenvalue weighted by Crippen LogP contribution is 2.31. The molecule has 3 aliphatic rings. The lowest BCUT2D eigenvalue weighted by atomic mass is 9.98. The molecular formula is C58H63BrN12. The minimum Gasteiger partial charge on any atom is -0.356 e. The van der Waals surface area contributed by atoms with E-state index in [0.717, 1.165) is 129 Å².